The lowest BCUT2D eigenvalue weighted by molar-refractivity contribution is 0.206. The SMILES string of the molecule is CN(C)CCN(C)C1CNCc2ccccc21. The molecule has 0 aromatic heterocycles. The van der Waals surface area contributed by atoms with Crippen LogP contribution in [-0.4, -0.2) is 50.6 Å². The van der Waals surface area contributed by atoms with Crippen LogP contribution in [0.1, 0.15) is 17.2 Å². The summed E-state index contributed by atoms with van der Waals surface area (Å²) in [6.45, 7) is 4.28. The second-order valence-corrected chi connectivity index (χ2v) is 5.13. The van der Waals surface area contributed by atoms with Gasteiger partial charge in [-0.05, 0) is 32.3 Å². The molecule has 3 heteroatoms. The van der Waals surface area contributed by atoms with Crippen LogP contribution in [-0.2, 0) is 6.54 Å². The van der Waals surface area contributed by atoms with Gasteiger partial charge in [0.1, 0.15) is 0 Å². The molecular formula is C14H23N3. The van der Waals surface area contributed by atoms with Crippen molar-refractivity contribution < 1.29 is 0 Å². The number of nitrogens with one attached hydrogen (secondary N) is 1. The third-order valence-corrected chi connectivity index (χ3v) is 3.50. The van der Waals surface area contributed by atoms with E-state index in [1.807, 2.05) is 0 Å². The van der Waals surface area contributed by atoms with Gasteiger partial charge >= 0.3 is 0 Å². The average molecular weight is 233 g/mol. The van der Waals surface area contributed by atoms with E-state index in [0.717, 1.165) is 26.2 Å². The third kappa shape index (κ3) is 3.06. The number of rotatable bonds is 4. The summed E-state index contributed by atoms with van der Waals surface area (Å²) >= 11 is 0. The molecule has 0 fully saturated rings. The van der Waals surface area contributed by atoms with Crippen molar-refractivity contribution in [3.8, 4) is 0 Å². The molecule has 0 bridgehead atoms. The van der Waals surface area contributed by atoms with Gasteiger partial charge in [-0.3, -0.25) is 4.90 Å². The van der Waals surface area contributed by atoms with Crippen LogP contribution < -0.4 is 5.32 Å². The van der Waals surface area contributed by atoms with E-state index < -0.39 is 0 Å². The Kier molecular flexibility index (Phi) is 4.15. The molecule has 2 rings (SSSR count). The largest absolute Gasteiger partial charge is 0.311 e. The van der Waals surface area contributed by atoms with Gasteiger partial charge in [0.05, 0.1) is 0 Å². The molecule has 1 aromatic carbocycles. The summed E-state index contributed by atoms with van der Waals surface area (Å²) in [6, 6.07) is 9.29. The number of hydrogen-bond donors (Lipinski definition) is 1. The highest BCUT2D eigenvalue weighted by Crippen LogP contribution is 2.25. The Labute approximate surface area is 104 Å². The standard InChI is InChI=1S/C14H23N3/c1-16(2)8-9-17(3)14-11-15-10-12-6-4-5-7-13(12)14/h4-7,14-15H,8-11H2,1-3H3. The Bertz CT molecular complexity index is 362. The van der Waals surface area contributed by atoms with Crippen molar-refractivity contribution in [2.45, 2.75) is 12.6 Å². The zero-order valence-electron chi connectivity index (χ0n) is 11.1. The number of likely N-dealkylation sites (N-methyl/N-ethyl adjacent to an activating group) is 2. The van der Waals surface area contributed by atoms with Gasteiger partial charge in [0.25, 0.3) is 0 Å². The van der Waals surface area contributed by atoms with E-state index in [1.165, 1.54) is 11.1 Å². The molecule has 1 N–H and O–H groups in total. The number of benzene rings is 1. The quantitative estimate of drug-likeness (QED) is 0.846. The highest BCUT2D eigenvalue weighted by atomic mass is 15.2. The minimum Gasteiger partial charge on any atom is -0.311 e. The van der Waals surface area contributed by atoms with Crippen LogP contribution in [0, 0.1) is 0 Å². The van der Waals surface area contributed by atoms with Gasteiger partial charge in [-0.1, -0.05) is 24.3 Å². The summed E-state index contributed by atoms with van der Waals surface area (Å²) in [4.78, 5) is 4.68. The number of nitrogens with zero attached hydrogens (tertiary/aromatic N) is 2. The Morgan fingerprint density at radius 3 is 2.71 bits per heavy atom. The smallest absolute Gasteiger partial charge is 0.0473 e. The zero-order valence-corrected chi connectivity index (χ0v) is 11.1. The molecule has 1 aliphatic heterocycles. The van der Waals surface area contributed by atoms with Gasteiger partial charge in [-0.2, -0.15) is 0 Å². The summed E-state index contributed by atoms with van der Waals surface area (Å²) in [7, 11) is 6.47. The van der Waals surface area contributed by atoms with E-state index in [1.54, 1.807) is 0 Å². The molecule has 3 nitrogen and oxygen atoms in total. The molecular weight excluding hydrogens is 210 g/mol. The predicted octanol–water partition coefficient (Wildman–Crippen LogP) is 1.32. The van der Waals surface area contributed by atoms with Crippen LogP contribution in [0.4, 0.5) is 0 Å². The summed E-state index contributed by atoms with van der Waals surface area (Å²) in [5.41, 5.74) is 2.94. The van der Waals surface area contributed by atoms with Crippen molar-refractivity contribution in [1.29, 1.82) is 0 Å². The Morgan fingerprint density at radius 1 is 1.18 bits per heavy atom. The Hall–Kier alpha value is -0.900. The Morgan fingerprint density at radius 2 is 1.94 bits per heavy atom. The van der Waals surface area contributed by atoms with Gasteiger partial charge in [0.2, 0.25) is 0 Å². The second kappa shape index (κ2) is 5.63. The molecule has 0 radical (unpaired) electrons. The van der Waals surface area contributed by atoms with Gasteiger partial charge in [0.15, 0.2) is 0 Å². The maximum atomic E-state index is 3.50. The first-order chi connectivity index (χ1) is 8.18. The highest BCUT2D eigenvalue weighted by molar-refractivity contribution is 5.32. The molecule has 1 atom stereocenters. The van der Waals surface area contributed by atoms with E-state index in [-0.39, 0.29) is 0 Å². The first kappa shape index (κ1) is 12.6. The van der Waals surface area contributed by atoms with Crippen LogP contribution in [0.25, 0.3) is 0 Å². The number of hydrogen-bond acceptors (Lipinski definition) is 3. The van der Waals surface area contributed by atoms with E-state index in [2.05, 4.69) is 60.5 Å². The molecule has 1 aliphatic rings. The fraction of sp³-hybridized carbons (Fsp3) is 0.571. The molecule has 0 saturated heterocycles. The molecule has 94 valence electrons. The molecule has 0 saturated carbocycles. The lowest BCUT2D eigenvalue weighted by Gasteiger charge is -2.34. The molecule has 0 amide bonds. The lowest BCUT2D eigenvalue weighted by atomic mass is 9.96. The van der Waals surface area contributed by atoms with Crippen LogP contribution in [0.15, 0.2) is 24.3 Å². The van der Waals surface area contributed by atoms with Gasteiger partial charge < -0.3 is 10.2 Å². The van der Waals surface area contributed by atoms with Gasteiger partial charge in [0, 0.05) is 32.2 Å². The van der Waals surface area contributed by atoms with Crippen molar-refractivity contribution >= 4 is 0 Å². The minimum absolute atomic E-state index is 0.514. The van der Waals surface area contributed by atoms with Crippen molar-refractivity contribution in [2.24, 2.45) is 0 Å². The maximum absolute atomic E-state index is 3.50. The first-order valence-corrected chi connectivity index (χ1v) is 6.32. The molecule has 1 heterocycles. The maximum Gasteiger partial charge on any atom is 0.0473 e. The van der Waals surface area contributed by atoms with E-state index in [9.17, 15) is 0 Å². The minimum atomic E-state index is 0.514. The number of fused-ring (bicyclic) bond motifs is 1. The van der Waals surface area contributed by atoms with E-state index in [0.29, 0.717) is 6.04 Å². The van der Waals surface area contributed by atoms with Crippen molar-refractivity contribution in [3.05, 3.63) is 35.4 Å². The molecule has 1 aromatic rings. The summed E-state index contributed by atoms with van der Waals surface area (Å²) in [5.74, 6) is 0. The molecule has 1 unspecified atom stereocenters. The topological polar surface area (TPSA) is 18.5 Å². The summed E-state index contributed by atoms with van der Waals surface area (Å²) in [5, 5.41) is 3.50. The van der Waals surface area contributed by atoms with Crippen molar-refractivity contribution in [1.82, 2.24) is 15.1 Å². The van der Waals surface area contributed by atoms with Gasteiger partial charge in [-0.25, -0.2) is 0 Å². The fourth-order valence-corrected chi connectivity index (χ4v) is 2.38. The first-order valence-electron chi connectivity index (χ1n) is 6.32. The molecule has 17 heavy (non-hydrogen) atoms. The molecule has 0 aliphatic carbocycles. The Balaban J connectivity index is 2.07. The van der Waals surface area contributed by atoms with Crippen molar-refractivity contribution in [3.63, 3.8) is 0 Å². The average Bonchev–Trinajstić information content (AvgIpc) is 2.35. The molecule has 0 spiro atoms. The summed E-state index contributed by atoms with van der Waals surface area (Å²) in [6.07, 6.45) is 0. The fourth-order valence-electron chi connectivity index (χ4n) is 2.38. The zero-order chi connectivity index (χ0) is 12.3. The van der Waals surface area contributed by atoms with Crippen LogP contribution >= 0.6 is 0 Å². The second-order valence-electron chi connectivity index (χ2n) is 5.13. The van der Waals surface area contributed by atoms with E-state index >= 15 is 0 Å². The lowest BCUT2D eigenvalue weighted by Crippen LogP contribution is -2.40. The third-order valence-electron chi connectivity index (χ3n) is 3.50. The summed E-state index contributed by atoms with van der Waals surface area (Å²) < 4.78 is 0. The monoisotopic (exact) mass is 233 g/mol. The van der Waals surface area contributed by atoms with E-state index in [4.69, 9.17) is 0 Å². The van der Waals surface area contributed by atoms with Gasteiger partial charge in [-0.15, -0.1) is 0 Å². The van der Waals surface area contributed by atoms with Crippen molar-refractivity contribution in [2.75, 3.05) is 40.8 Å². The van der Waals surface area contributed by atoms with Crippen LogP contribution in [0.5, 0.6) is 0 Å². The van der Waals surface area contributed by atoms with Crippen LogP contribution in [0.3, 0.4) is 0 Å². The highest BCUT2D eigenvalue weighted by Gasteiger charge is 2.22. The normalized spacial score (nSPS) is 19.7. The predicted molar refractivity (Wildman–Crippen MR) is 72.1 cm³/mol. The van der Waals surface area contributed by atoms with Crippen LogP contribution in [0.2, 0.25) is 0 Å².